The molecule has 0 aromatic carbocycles. The van der Waals surface area contributed by atoms with Crippen LogP contribution in [0.15, 0.2) is 60.8 Å². The quantitative estimate of drug-likeness (QED) is 0.0261. The first-order chi connectivity index (χ1) is 39.5. The van der Waals surface area contributed by atoms with E-state index in [2.05, 4.69) is 81.5 Å². The van der Waals surface area contributed by atoms with Gasteiger partial charge in [-0.25, -0.2) is 0 Å². The summed E-state index contributed by atoms with van der Waals surface area (Å²) in [5.74, 6) is -0.891. The zero-order chi connectivity index (χ0) is 57.8. The molecule has 0 radical (unpaired) electrons. The van der Waals surface area contributed by atoms with Crippen molar-refractivity contribution < 1.29 is 28.6 Å². The zero-order valence-corrected chi connectivity index (χ0v) is 53.6. The number of rotatable bonds is 65. The van der Waals surface area contributed by atoms with E-state index in [-0.39, 0.29) is 31.1 Å². The van der Waals surface area contributed by atoms with E-state index in [0.717, 1.165) is 109 Å². The van der Waals surface area contributed by atoms with Crippen molar-refractivity contribution >= 4 is 17.9 Å². The van der Waals surface area contributed by atoms with Crippen LogP contribution in [0.2, 0.25) is 0 Å². The van der Waals surface area contributed by atoms with Crippen LogP contribution in [0.25, 0.3) is 0 Å². The third kappa shape index (κ3) is 65.9. The van der Waals surface area contributed by atoms with Gasteiger partial charge in [-0.2, -0.15) is 0 Å². The van der Waals surface area contributed by atoms with E-state index in [4.69, 9.17) is 14.2 Å². The van der Waals surface area contributed by atoms with Crippen molar-refractivity contribution in [1.29, 1.82) is 0 Å². The van der Waals surface area contributed by atoms with Crippen molar-refractivity contribution in [2.75, 3.05) is 13.2 Å². The number of allylic oxidation sites excluding steroid dienone is 10. The Morgan fingerprint density at radius 3 is 0.762 bits per heavy atom. The highest BCUT2D eigenvalue weighted by Gasteiger charge is 2.19. The van der Waals surface area contributed by atoms with Gasteiger partial charge in [0.1, 0.15) is 13.2 Å². The van der Waals surface area contributed by atoms with Gasteiger partial charge in [0.25, 0.3) is 0 Å². The second kappa shape index (κ2) is 68.6. The molecule has 0 amide bonds. The van der Waals surface area contributed by atoms with E-state index in [1.165, 1.54) is 225 Å². The average molecular weight is 1120 g/mol. The molecule has 0 aliphatic heterocycles. The third-order valence-corrected chi connectivity index (χ3v) is 15.8. The summed E-state index contributed by atoms with van der Waals surface area (Å²) in [6.07, 6.45) is 88.9. The first-order valence-corrected chi connectivity index (χ1v) is 35.3. The molecule has 0 spiro atoms. The summed E-state index contributed by atoms with van der Waals surface area (Å²) in [5, 5.41) is 0. The van der Waals surface area contributed by atoms with Crippen LogP contribution in [-0.4, -0.2) is 37.2 Å². The van der Waals surface area contributed by atoms with Crippen LogP contribution >= 0.6 is 0 Å². The summed E-state index contributed by atoms with van der Waals surface area (Å²) in [4.78, 5) is 38.0. The van der Waals surface area contributed by atoms with Crippen LogP contribution in [-0.2, 0) is 28.6 Å². The van der Waals surface area contributed by atoms with Crippen molar-refractivity contribution in [1.82, 2.24) is 0 Å². The Labute approximate surface area is 498 Å². The maximum absolute atomic E-state index is 12.8. The molecule has 6 heteroatoms. The summed E-state index contributed by atoms with van der Waals surface area (Å²) in [7, 11) is 0. The van der Waals surface area contributed by atoms with E-state index < -0.39 is 6.10 Å². The molecule has 466 valence electrons. The lowest BCUT2D eigenvalue weighted by Crippen LogP contribution is -2.30. The Hall–Kier alpha value is -2.89. The fraction of sp³-hybridized carbons (Fsp3) is 0.824. The Kier molecular flexibility index (Phi) is 66.1. The summed E-state index contributed by atoms with van der Waals surface area (Å²) in [5.41, 5.74) is 0. The summed E-state index contributed by atoms with van der Waals surface area (Å²) in [6, 6.07) is 0. The van der Waals surface area contributed by atoms with Gasteiger partial charge in [0.05, 0.1) is 0 Å². The summed E-state index contributed by atoms with van der Waals surface area (Å²) >= 11 is 0. The molecule has 0 aliphatic rings. The Balaban J connectivity index is 3.94. The molecule has 80 heavy (non-hydrogen) atoms. The van der Waals surface area contributed by atoms with Gasteiger partial charge < -0.3 is 14.2 Å². The Bertz CT molecular complexity index is 1430. The Morgan fingerprint density at radius 2 is 0.487 bits per heavy atom. The van der Waals surface area contributed by atoms with Gasteiger partial charge in [0, 0.05) is 19.3 Å². The fourth-order valence-corrected chi connectivity index (χ4v) is 10.5. The number of unbranched alkanes of at least 4 members (excludes halogenated alkanes) is 44. The second-order valence-electron chi connectivity index (χ2n) is 23.8. The van der Waals surface area contributed by atoms with E-state index in [1.807, 2.05) is 0 Å². The van der Waals surface area contributed by atoms with E-state index in [1.54, 1.807) is 0 Å². The van der Waals surface area contributed by atoms with Crippen molar-refractivity contribution in [3.63, 3.8) is 0 Å². The predicted molar refractivity (Wildman–Crippen MR) is 348 cm³/mol. The van der Waals surface area contributed by atoms with E-state index in [9.17, 15) is 14.4 Å². The van der Waals surface area contributed by atoms with E-state index >= 15 is 0 Å². The molecule has 0 bridgehead atoms. The van der Waals surface area contributed by atoms with Crippen LogP contribution in [0.4, 0.5) is 0 Å². The molecule has 0 aliphatic carbocycles. The van der Waals surface area contributed by atoms with Crippen LogP contribution in [0, 0.1) is 0 Å². The molecule has 1 atom stereocenters. The number of esters is 3. The highest BCUT2D eigenvalue weighted by Crippen LogP contribution is 2.19. The van der Waals surface area contributed by atoms with Gasteiger partial charge in [-0.15, -0.1) is 0 Å². The van der Waals surface area contributed by atoms with Gasteiger partial charge in [0.15, 0.2) is 6.10 Å². The predicted octanol–water partition coefficient (Wildman–Crippen LogP) is 24.3. The SMILES string of the molecule is CC/C=C\C/C=C\C/C=C\C/C=C\C/C=C\CCCCCCCC(=O)OC(COC(=O)CCCCCCCC)COC(=O)CCCCCCCCCCCCCCCCCCCCCCCCCCCCCCCCCCCCC. The minimum atomic E-state index is -0.781. The second-order valence-corrected chi connectivity index (χ2v) is 23.8. The maximum atomic E-state index is 12.8. The molecule has 0 aromatic rings. The lowest BCUT2D eigenvalue weighted by atomic mass is 10.0. The fourth-order valence-electron chi connectivity index (χ4n) is 10.5. The largest absolute Gasteiger partial charge is 0.462 e. The zero-order valence-electron chi connectivity index (χ0n) is 53.6. The normalized spacial score (nSPS) is 12.4. The summed E-state index contributed by atoms with van der Waals surface area (Å²) < 4.78 is 16.8. The molecule has 6 nitrogen and oxygen atoms in total. The molecule has 0 fully saturated rings. The first-order valence-electron chi connectivity index (χ1n) is 35.3. The minimum absolute atomic E-state index is 0.0790. The van der Waals surface area contributed by atoms with Crippen molar-refractivity contribution in [2.24, 2.45) is 0 Å². The lowest BCUT2D eigenvalue weighted by Gasteiger charge is -2.18. The first kappa shape index (κ1) is 77.1. The van der Waals surface area contributed by atoms with Gasteiger partial charge in [-0.3, -0.25) is 14.4 Å². The molecular formula is C74H134O6. The van der Waals surface area contributed by atoms with Gasteiger partial charge in [-0.05, 0) is 64.2 Å². The number of carbonyl (C=O) groups is 3. The van der Waals surface area contributed by atoms with E-state index in [0.29, 0.717) is 19.3 Å². The van der Waals surface area contributed by atoms with Crippen molar-refractivity contribution in [3.05, 3.63) is 60.8 Å². The number of hydrogen-bond acceptors (Lipinski definition) is 6. The smallest absolute Gasteiger partial charge is 0.306 e. The maximum Gasteiger partial charge on any atom is 0.306 e. The van der Waals surface area contributed by atoms with Gasteiger partial charge in [0.2, 0.25) is 0 Å². The highest BCUT2D eigenvalue weighted by atomic mass is 16.6. The molecule has 1 unspecified atom stereocenters. The molecule has 0 saturated carbocycles. The number of carbonyl (C=O) groups excluding carboxylic acids is 3. The standard InChI is InChI=1S/C74H134O6/c1-4-7-10-13-16-18-20-22-24-26-28-30-31-32-33-34-35-36-37-38-39-40-41-42-43-45-46-48-50-52-54-56-58-61-64-67-73(76)79-70-71(69-78-72(75)66-63-60-15-12-9-6-3)80-74(77)68-65-62-59-57-55-53-51-49-47-44-29-27-25-23-21-19-17-14-11-8-5-2/h8,11,17,19,23,25,29,44,49,51,71H,4-7,9-10,12-16,18,20-22,24,26-28,30-43,45-48,50,52-70H2,1-3H3/b11-8-,19-17-,25-23-,44-29-,51-49-. The monoisotopic (exact) mass is 1120 g/mol. The molecule has 0 N–H and O–H groups in total. The van der Waals surface area contributed by atoms with Crippen LogP contribution in [0.5, 0.6) is 0 Å². The Morgan fingerprint density at radius 1 is 0.263 bits per heavy atom. The van der Waals surface area contributed by atoms with Crippen molar-refractivity contribution in [2.45, 2.75) is 380 Å². The molecular weight excluding hydrogens is 985 g/mol. The molecule has 0 aromatic heterocycles. The number of ether oxygens (including phenoxy) is 3. The van der Waals surface area contributed by atoms with Crippen molar-refractivity contribution in [3.8, 4) is 0 Å². The van der Waals surface area contributed by atoms with Gasteiger partial charge in [-0.1, -0.05) is 351 Å². The molecule has 0 heterocycles. The lowest BCUT2D eigenvalue weighted by molar-refractivity contribution is -0.167. The average Bonchev–Trinajstić information content (AvgIpc) is 3.46. The minimum Gasteiger partial charge on any atom is -0.462 e. The van der Waals surface area contributed by atoms with Crippen LogP contribution < -0.4 is 0 Å². The molecule has 0 rings (SSSR count). The third-order valence-electron chi connectivity index (χ3n) is 15.8. The highest BCUT2D eigenvalue weighted by molar-refractivity contribution is 5.71. The topological polar surface area (TPSA) is 78.9 Å². The summed E-state index contributed by atoms with van der Waals surface area (Å²) in [6.45, 7) is 6.50. The molecule has 0 saturated heterocycles. The van der Waals surface area contributed by atoms with Crippen LogP contribution in [0.1, 0.15) is 374 Å². The van der Waals surface area contributed by atoms with Gasteiger partial charge >= 0.3 is 17.9 Å². The number of hydrogen-bond donors (Lipinski definition) is 0. The van der Waals surface area contributed by atoms with Crippen LogP contribution in [0.3, 0.4) is 0 Å².